The van der Waals surface area contributed by atoms with Crippen molar-refractivity contribution < 1.29 is 0 Å². The third kappa shape index (κ3) is 2.30. The van der Waals surface area contributed by atoms with Crippen LogP contribution in [0.5, 0.6) is 0 Å². The number of imidazole rings is 1. The summed E-state index contributed by atoms with van der Waals surface area (Å²) in [6.45, 7) is 0. The van der Waals surface area contributed by atoms with Gasteiger partial charge in [0.05, 0.1) is 23.5 Å². The zero-order chi connectivity index (χ0) is 14.8. The zero-order valence-electron chi connectivity index (χ0n) is 11.9. The number of anilines is 1. The Morgan fingerprint density at radius 3 is 2.76 bits per heavy atom. The average molecular weight is 278 g/mol. The molecular formula is C15H14N6. The maximum Gasteiger partial charge on any atom is 0.226 e. The monoisotopic (exact) mass is 278 g/mol. The van der Waals surface area contributed by atoms with Crippen LogP contribution in [0, 0.1) is 11.3 Å². The molecule has 21 heavy (non-hydrogen) atoms. The fourth-order valence-corrected chi connectivity index (χ4v) is 2.20. The minimum absolute atomic E-state index is 0.232. The predicted octanol–water partition coefficient (Wildman–Crippen LogP) is 1.95. The molecule has 0 aliphatic carbocycles. The fourth-order valence-electron chi connectivity index (χ4n) is 2.20. The summed E-state index contributed by atoms with van der Waals surface area (Å²) in [4.78, 5) is 15.1. The lowest BCUT2D eigenvalue weighted by molar-refractivity contribution is 0.895. The molecule has 2 heterocycles. The summed E-state index contributed by atoms with van der Waals surface area (Å²) in [5, 5.41) is 9.01. The average Bonchev–Trinajstić information content (AvgIpc) is 2.85. The van der Waals surface area contributed by atoms with Crippen LogP contribution < -0.4 is 4.90 Å². The highest BCUT2D eigenvalue weighted by molar-refractivity contribution is 5.78. The van der Waals surface area contributed by atoms with Crippen LogP contribution in [0.1, 0.15) is 5.82 Å². The van der Waals surface area contributed by atoms with Gasteiger partial charge in [-0.05, 0) is 18.2 Å². The first-order chi connectivity index (χ1) is 10.2. The molecule has 3 aromatic rings. The second-order valence-electron chi connectivity index (χ2n) is 4.80. The first-order valence-electron chi connectivity index (χ1n) is 6.55. The van der Waals surface area contributed by atoms with Gasteiger partial charge in [-0.3, -0.25) is 4.57 Å². The first kappa shape index (κ1) is 13.1. The van der Waals surface area contributed by atoms with E-state index in [1.807, 2.05) is 53.9 Å². The van der Waals surface area contributed by atoms with E-state index in [0.717, 1.165) is 11.0 Å². The number of hydrogen-bond donors (Lipinski definition) is 0. The second kappa shape index (κ2) is 5.21. The van der Waals surface area contributed by atoms with Gasteiger partial charge in [-0.1, -0.05) is 12.1 Å². The quantitative estimate of drug-likeness (QED) is 0.732. The van der Waals surface area contributed by atoms with Gasteiger partial charge in [0.1, 0.15) is 11.6 Å². The maximum absolute atomic E-state index is 9.01. The van der Waals surface area contributed by atoms with E-state index in [1.165, 1.54) is 0 Å². The lowest BCUT2D eigenvalue weighted by Crippen LogP contribution is -2.14. The topological polar surface area (TPSA) is 70.6 Å². The number of aromatic nitrogens is 4. The van der Waals surface area contributed by atoms with E-state index in [9.17, 15) is 0 Å². The van der Waals surface area contributed by atoms with Gasteiger partial charge in [-0.25, -0.2) is 9.97 Å². The van der Waals surface area contributed by atoms with Crippen molar-refractivity contribution in [3.05, 3.63) is 42.4 Å². The van der Waals surface area contributed by atoms with Crippen LogP contribution in [0.15, 0.2) is 36.5 Å². The van der Waals surface area contributed by atoms with Crippen molar-refractivity contribution in [2.24, 2.45) is 0 Å². The van der Waals surface area contributed by atoms with Crippen molar-refractivity contribution in [3.63, 3.8) is 0 Å². The van der Waals surface area contributed by atoms with Crippen LogP contribution in [0.25, 0.3) is 16.9 Å². The highest BCUT2D eigenvalue weighted by Gasteiger charge is 2.13. The Morgan fingerprint density at radius 1 is 1.19 bits per heavy atom. The highest BCUT2D eigenvalue weighted by atomic mass is 15.2. The standard InChI is InChI=1S/C15H14N6/c1-20(2)15-17-10-8-14(19-15)21-12-6-4-3-5-11(12)18-13(21)7-9-16/h3-6,8,10H,7H2,1-2H3. The number of fused-ring (bicyclic) bond motifs is 1. The van der Waals surface area contributed by atoms with Crippen LogP contribution in [-0.2, 0) is 6.42 Å². The molecule has 6 nitrogen and oxygen atoms in total. The first-order valence-corrected chi connectivity index (χ1v) is 6.55. The highest BCUT2D eigenvalue weighted by Crippen LogP contribution is 2.21. The lowest BCUT2D eigenvalue weighted by atomic mass is 10.3. The smallest absolute Gasteiger partial charge is 0.226 e. The van der Waals surface area contributed by atoms with Gasteiger partial charge < -0.3 is 4.90 Å². The second-order valence-corrected chi connectivity index (χ2v) is 4.80. The number of hydrogen-bond acceptors (Lipinski definition) is 5. The van der Waals surface area contributed by atoms with Crippen LogP contribution in [-0.4, -0.2) is 33.6 Å². The minimum atomic E-state index is 0.232. The molecule has 0 aliphatic rings. The molecule has 2 aromatic heterocycles. The number of para-hydroxylation sites is 2. The Bertz CT molecular complexity index is 828. The molecular weight excluding hydrogens is 264 g/mol. The van der Waals surface area contributed by atoms with E-state index in [0.29, 0.717) is 17.6 Å². The molecule has 0 bridgehead atoms. The molecule has 0 spiro atoms. The Labute approximate surface area is 122 Å². The zero-order valence-corrected chi connectivity index (χ0v) is 11.9. The van der Waals surface area contributed by atoms with Crippen molar-refractivity contribution in [3.8, 4) is 11.9 Å². The fraction of sp³-hybridized carbons (Fsp3) is 0.200. The van der Waals surface area contributed by atoms with Crippen LogP contribution >= 0.6 is 0 Å². The van der Waals surface area contributed by atoms with Crippen molar-refractivity contribution in [2.75, 3.05) is 19.0 Å². The van der Waals surface area contributed by atoms with Crippen LogP contribution in [0.2, 0.25) is 0 Å². The molecule has 0 N–H and O–H groups in total. The molecule has 0 atom stereocenters. The summed E-state index contributed by atoms with van der Waals surface area (Å²) in [7, 11) is 3.78. The summed E-state index contributed by atoms with van der Waals surface area (Å²) in [5.74, 6) is 2.02. The van der Waals surface area contributed by atoms with Gasteiger partial charge in [-0.2, -0.15) is 10.2 Å². The molecule has 0 fully saturated rings. The van der Waals surface area contributed by atoms with E-state index in [-0.39, 0.29) is 6.42 Å². The third-order valence-corrected chi connectivity index (χ3v) is 3.12. The Morgan fingerprint density at radius 2 is 2.00 bits per heavy atom. The summed E-state index contributed by atoms with van der Waals surface area (Å²) >= 11 is 0. The number of nitriles is 1. The van der Waals surface area contributed by atoms with Crippen molar-refractivity contribution in [1.82, 2.24) is 19.5 Å². The van der Waals surface area contributed by atoms with Crippen LogP contribution in [0.3, 0.4) is 0 Å². The predicted molar refractivity (Wildman–Crippen MR) is 80.3 cm³/mol. The summed E-state index contributed by atoms with van der Waals surface area (Å²) in [5.41, 5.74) is 1.79. The van der Waals surface area contributed by atoms with Gasteiger partial charge in [0.15, 0.2) is 0 Å². The van der Waals surface area contributed by atoms with Crippen molar-refractivity contribution in [2.45, 2.75) is 6.42 Å². The molecule has 1 aromatic carbocycles. The molecule has 0 aliphatic heterocycles. The molecule has 0 radical (unpaired) electrons. The maximum atomic E-state index is 9.01. The SMILES string of the molecule is CN(C)c1nccc(-n2c(CC#N)nc3ccccc32)n1. The van der Waals surface area contributed by atoms with Gasteiger partial charge in [0.2, 0.25) is 5.95 Å². The Hall–Kier alpha value is -2.94. The largest absolute Gasteiger partial charge is 0.347 e. The van der Waals surface area contributed by atoms with Crippen molar-refractivity contribution in [1.29, 1.82) is 5.26 Å². The molecule has 104 valence electrons. The minimum Gasteiger partial charge on any atom is -0.347 e. The van der Waals surface area contributed by atoms with Crippen molar-refractivity contribution >= 4 is 17.0 Å². The Balaban J connectivity index is 2.25. The van der Waals surface area contributed by atoms with E-state index in [1.54, 1.807) is 6.20 Å². The Kier molecular flexibility index (Phi) is 3.24. The van der Waals surface area contributed by atoms with Gasteiger partial charge in [-0.15, -0.1) is 0 Å². The molecule has 3 rings (SSSR count). The molecule has 0 unspecified atom stereocenters. The molecule has 0 amide bonds. The van der Waals surface area contributed by atoms with E-state index < -0.39 is 0 Å². The van der Waals surface area contributed by atoms with Gasteiger partial charge >= 0.3 is 0 Å². The number of nitrogens with zero attached hydrogens (tertiary/aromatic N) is 6. The summed E-state index contributed by atoms with van der Waals surface area (Å²) in [6, 6.07) is 11.8. The number of rotatable bonds is 3. The number of benzene rings is 1. The van der Waals surface area contributed by atoms with Crippen LogP contribution in [0.4, 0.5) is 5.95 Å². The third-order valence-electron chi connectivity index (χ3n) is 3.12. The summed E-state index contributed by atoms with van der Waals surface area (Å²) in [6.07, 6.45) is 1.94. The van der Waals surface area contributed by atoms with Gasteiger partial charge in [0.25, 0.3) is 0 Å². The normalized spacial score (nSPS) is 10.5. The lowest BCUT2D eigenvalue weighted by Gasteiger charge is -2.12. The van der Waals surface area contributed by atoms with Gasteiger partial charge in [0, 0.05) is 20.3 Å². The van der Waals surface area contributed by atoms with E-state index >= 15 is 0 Å². The molecule has 0 saturated heterocycles. The van der Waals surface area contributed by atoms with E-state index in [4.69, 9.17) is 5.26 Å². The summed E-state index contributed by atoms with van der Waals surface area (Å²) < 4.78 is 1.91. The van der Waals surface area contributed by atoms with E-state index in [2.05, 4.69) is 21.0 Å². The molecule has 0 saturated carbocycles. The molecule has 6 heteroatoms.